The number of rotatable bonds is 11. The molecule has 1 aromatic rings. The van der Waals surface area contributed by atoms with Gasteiger partial charge in [0, 0.05) is 25.3 Å². The van der Waals surface area contributed by atoms with Crippen LogP contribution in [0.2, 0.25) is 0 Å². The van der Waals surface area contributed by atoms with Gasteiger partial charge in [-0.05, 0) is 26.3 Å². The number of pyridine rings is 1. The summed E-state index contributed by atoms with van der Waals surface area (Å²) >= 11 is 0. The van der Waals surface area contributed by atoms with Crippen LogP contribution in [0.1, 0.15) is 38.4 Å². The Labute approximate surface area is 162 Å². The topological polar surface area (TPSA) is 140 Å². The number of hydrogen-bond donors (Lipinski definition) is 1. The number of aromatic nitrogens is 1. The van der Waals surface area contributed by atoms with E-state index in [0.29, 0.717) is 11.3 Å². The summed E-state index contributed by atoms with van der Waals surface area (Å²) in [6, 6.07) is 0.478. The van der Waals surface area contributed by atoms with E-state index < -0.39 is 35.9 Å². The zero-order valence-electron chi connectivity index (χ0n) is 16.2. The van der Waals surface area contributed by atoms with E-state index >= 15 is 0 Å². The fourth-order valence-corrected chi connectivity index (χ4v) is 2.38. The first-order chi connectivity index (χ1) is 13.3. The molecular formula is C18H24N4O6. The second-order valence-electron chi connectivity index (χ2n) is 6.03. The molecule has 28 heavy (non-hydrogen) atoms. The molecule has 0 aliphatic carbocycles. The number of hydrogen-bond acceptors (Lipinski definition) is 7. The summed E-state index contributed by atoms with van der Waals surface area (Å²) in [4.78, 5) is 43.2. The molecule has 0 bridgehead atoms. The van der Waals surface area contributed by atoms with Gasteiger partial charge < -0.3 is 25.1 Å². The molecule has 0 radical (unpaired) electrons. The molecule has 0 aliphatic heterocycles. The Bertz CT molecular complexity index is 745. The highest BCUT2D eigenvalue weighted by Gasteiger charge is 2.30. The highest BCUT2D eigenvalue weighted by Crippen LogP contribution is 2.26. The molecule has 152 valence electrons. The van der Waals surface area contributed by atoms with Gasteiger partial charge in [0.1, 0.15) is 11.8 Å². The van der Waals surface area contributed by atoms with Gasteiger partial charge in [-0.1, -0.05) is 0 Å². The molecule has 0 unspecified atom stereocenters. The lowest BCUT2D eigenvalue weighted by Gasteiger charge is -2.22. The smallest absolute Gasteiger partial charge is 0.328 e. The van der Waals surface area contributed by atoms with Gasteiger partial charge >= 0.3 is 12.2 Å². The van der Waals surface area contributed by atoms with Crippen molar-refractivity contribution in [2.45, 2.75) is 44.9 Å². The summed E-state index contributed by atoms with van der Waals surface area (Å²) in [6.07, 6.45) is 2.01. The van der Waals surface area contributed by atoms with Gasteiger partial charge in [0.25, 0.3) is 5.91 Å². The average Bonchev–Trinajstić information content (AvgIpc) is 2.65. The minimum atomic E-state index is -1.09. The zero-order valence-corrected chi connectivity index (χ0v) is 16.2. The first-order valence-electron chi connectivity index (χ1n) is 8.55. The Hall–Kier alpha value is -3.10. The molecule has 1 N–H and O–H groups in total. The molecule has 1 rings (SSSR count). The Balaban J connectivity index is 3.00. The van der Waals surface area contributed by atoms with E-state index in [9.17, 15) is 14.4 Å². The molecule has 0 fully saturated rings. The molecule has 1 aromatic heterocycles. The van der Waals surface area contributed by atoms with Crippen molar-refractivity contribution in [2.24, 2.45) is 0 Å². The van der Waals surface area contributed by atoms with Crippen molar-refractivity contribution >= 4 is 23.9 Å². The van der Waals surface area contributed by atoms with Crippen LogP contribution in [0.25, 0.3) is 5.53 Å². The van der Waals surface area contributed by atoms with Crippen LogP contribution in [0, 0.1) is 0 Å². The fraction of sp³-hybridized carbons (Fsp3) is 0.500. The van der Waals surface area contributed by atoms with E-state index in [4.69, 9.17) is 19.7 Å². The molecule has 0 saturated heterocycles. The normalized spacial score (nSPS) is 12.5. The van der Waals surface area contributed by atoms with E-state index in [1.165, 1.54) is 26.6 Å². The van der Waals surface area contributed by atoms with Crippen molar-refractivity contribution in [2.75, 3.05) is 14.2 Å². The summed E-state index contributed by atoms with van der Waals surface area (Å²) < 4.78 is 15.6. The number of ketones is 1. The van der Waals surface area contributed by atoms with Crippen LogP contribution in [-0.4, -0.2) is 60.0 Å². The number of nitrogens with one attached hydrogen (secondary N) is 1. The fourth-order valence-electron chi connectivity index (χ4n) is 2.38. The maximum absolute atomic E-state index is 12.7. The Morgan fingerprint density at radius 3 is 2.61 bits per heavy atom. The van der Waals surface area contributed by atoms with Crippen molar-refractivity contribution in [3.8, 4) is 5.75 Å². The molecule has 10 heteroatoms. The Morgan fingerprint density at radius 1 is 1.32 bits per heavy atom. The minimum Gasteiger partial charge on any atom is -0.495 e. The SMILES string of the molecule is COc1cnccc1[C@H](OC)C(=O)N[C@@H](CCC(=O)C=[N+]=[N-])C(=O)OC(C)C. The standard InChI is InChI=1S/C18H24N4O6/c1-11(2)28-18(25)14(6-5-12(23)9-21-19)22-17(24)16(27-4)13-7-8-20-10-15(13)26-3/h7-11,14,16H,5-6H2,1-4H3,(H,22,24)/t14-,16-/m0/s1. The maximum atomic E-state index is 12.7. The van der Waals surface area contributed by atoms with Crippen LogP contribution in [-0.2, 0) is 23.9 Å². The van der Waals surface area contributed by atoms with Gasteiger partial charge in [-0.2, -0.15) is 4.79 Å². The third-order valence-corrected chi connectivity index (χ3v) is 3.63. The van der Waals surface area contributed by atoms with Gasteiger partial charge in [-0.25, -0.2) is 4.79 Å². The van der Waals surface area contributed by atoms with Crippen LogP contribution < -0.4 is 10.1 Å². The van der Waals surface area contributed by atoms with Crippen LogP contribution in [0.5, 0.6) is 5.75 Å². The predicted octanol–water partition coefficient (Wildman–Crippen LogP) is 0.864. The second kappa shape index (κ2) is 11.6. The molecule has 0 aliphatic rings. The van der Waals surface area contributed by atoms with Crippen molar-refractivity contribution in [3.63, 3.8) is 0 Å². The number of Topliss-reactive ketones (excluding diaryl/α,β-unsaturated/α-hetero) is 1. The molecule has 0 saturated carbocycles. The van der Waals surface area contributed by atoms with Gasteiger partial charge in [-0.3, -0.25) is 14.6 Å². The van der Waals surface area contributed by atoms with Gasteiger partial charge in [0.05, 0.1) is 19.4 Å². The second-order valence-corrected chi connectivity index (χ2v) is 6.03. The third-order valence-electron chi connectivity index (χ3n) is 3.63. The zero-order chi connectivity index (χ0) is 21.1. The number of carbonyl (C=O) groups is 3. The average molecular weight is 392 g/mol. The largest absolute Gasteiger partial charge is 0.495 e. The predicted molar refractivity (Wildman–Crippen MR) is 97.6 cm³/mol. The highest BCUT2D eigenvalue weighted by molar-refractivity contribution is 6.25. The first kappa shape index (κ1) is 22.9. The number of carbonyl (C=O) groups excluding carboxylic acids is 3. The highest BCUT2D eigenvalue weighted by atomic mass is 16.5. The van der Waals surface area contributed by atoms with Crippen molar-refractivity contribution in [1.82, 2.24) is 10.3 Å². The summed E-state index contributed by atoms with van der Waals surface area (Å²) in [5.41, 5.74) is 8.84. The summed E-state index contributed by atoms with van der Waals surface area (Å²) in [5.74, 6) is -1.45. The lowest BCUT2D eigenvalue weighted by Crippen LogP contribution is -2.45. The maximum Gasteiger partial charge on any atom is 0.328 e. The molecule has 1 amide bonds. The number of esters is 1. The summed E-state index contributed by atoms with van der Waals surface area (Å²) in [5, 5.41) is 2.55. The van der Waals surface area contributed by atoms with Crippen LogP contribution >= 0.6 is 0 Å². The third kappa shape index (κ3) is 6.90. The lowest BCUT2D eigenvalue weighted by atomic mass is 10.1. The van der Waals surface area contributed by atoms with E-state index in [0.717, 1.165) is 6.21 Å². The Kier molecular flexibility index (Phi) is 9.49. The molecule has 0 aromatic carbocycles. The van der Waals surface area contributed by atoms with Crippen LogP contribution in [0.3, 0.4) is 0 Å². The molecule has 0 spiro atoms. The number of methoxy groups -OCH3 is 2. The van der Waals surface area contributed by atoms with E-state index in [1.807, 2.05) is 0 Å². The summed E-state index contributed by atoms with van der Waals surface area (Å²) in [7, 11) is 2.77. The molecule has 2 atom stereocenters. The minimum absolute atomic E-state index is 0.0357. The van der Waals surface area contributed by atoms with Gasteiger partial charge in [0.15, 0.2) is 6.10 Å². The number of nitrogens with zero attached hydrogens (tertiary/aromatic N) is 3. The number of ether oxygens (including phenoxy) is 3. The molecule has 10 nitrogen and oxygen atoms in total. The number of amides is 1. The van der Waals surface area contributed by atoms with E-state index in [2.05, 4.69) is 15.1 Å². The quantitative estimate of drug-likeness (QED) is 0.255. The van der Waals surface area contributed by atoms with Gasteiger partial charge in [-0.15, -0.1) is 0 Å². The summed E-state index contributed by atoms with van der Waals surface area (Å²) in [6.45, 7) is 3.33. The van der Waals surface area contributed by atoms with Crippen LogP contribution in [0.4, 0.5) is 0 Å². The Morgan fingerprint density at radius 2 is 2.04 bits per heavy atom. The van der Waals surface area contributed by atoms with E-state index in [-0.39, 0.29) is 12.8 Å². The van der Waals surface area contributed by atoms with Crippen LogP contribution in [0.15, 0.2) is 18.5 Å². The van der Waals surface area contributed by atoms with Crippen molar-refractivity contribution in [3.05, 3.63) is 29.6 Å². The monoisotopic (exact) mass is 392 g/mol. The molecule has 1 heterocycles. The first-order valence-corrected chi connectivity index (χ1v) is 8.55. The van der Waals surface area contributed by atoms with Gasteiger partial charge in [0.2, 0.25) is 5.78 Å². The lowest BCUT2D eigenvalue weighted by molar-refractivity contribution is -0.152. The van der Waals surface area contributed by atoms with Crippen molar-refractivity contribution < 1.29 is 33.4 Å². The van der Waals surface area contributed by atoms with E-state index in [1.54, 1.807) is 19.9 Å². The molecular weight excluding hydrogens is 368 g/mol. The van der Waals surface area contributed by atoms with Crippen molar-refractivity contribution in [1.29, 1.82) is 0 Å².